The van der Waals surface area contributed by atoms with Crippen LogP contribution in [0, 0.1) is 6.92 Å². The molecule has 0 atom stereocenters. The number of aryl methyl sites for hydroxylation is 1. The van der Waals surface area contributed by atoms with Crippen LogP contribution in [0.3, 0.4) is 0 Å². The lowest BCUT2D eigenvalue weighted by Crippen LogP contribution is -2.32. The summed E-state index contributed by atoms with van der Waals surface area (Å²) >= 11 is 0. The molecule has 40 heavy (non-hydrogen) atoms. The fourth-order valence-corrected chi connectivity index (χ4v) is 4.22. The maximum atomic E-state index is 13.4. The van der Waals surface area contributed by atoms with Crippen LogP contribution >= 0.6 is 0 Å². The molecule has 1 amide bonds. The molecule has 0 aliphatic heterocycles. The number of hydrogen-bond donors (Lipinski definition) is 1. The molecule has 2 aromatic carbocycles. The zero-order chi connectivity index (χ0) is 29.5. The number of benzene rings is 2. The Morgan fingerprint density at radius 1 is 1.10 bits per heavy atom. The molecule has 0 radical (unpaired) electrons. The van der Waals surface area contributed by atoms with Gasteiger partial charge in [-0.25, -0.2) is 17.8 Å². The first kappa shape index (κ1) is 30.1. The van der Waals surface area contributed by atoms with Crippen molar-refractivity contribution in [3.05, 3.63) is 65.9 Å². The Morgan fingerprint density at radius 2 is 1.75 bits per heavy atom. The molecule has 1 aromatic heterocycles. The number of rotatable bonds is 11. The van der Waals surface area contributed by atoms with E-state index in [-0.39, 0.29) is 29.2 Å². The molecule has 16 heteroatoms. The summed E-state index contributed by atoms with van der Waals surface area (Å²) in [6, 6.07) is 12.6. The Morgan fingerprint density at radius 3 is 2.35 bits per heavy atom. The Labute approximate surface area is 227 Å². The highest BCUT2D eigenvalue weighted by Gasteiger charge is 2.35. The summed E-state index contributed by atoms with van der Waals surface area (Å²) in [5.74, 6) is -1.41. The van der Waals surface area contributed by atoms with E-state index in [1.54, 1.807) is 24.3 Å². The summed E-state index contributed by atoms with van der Waals surface area (Å²) in [5.41, 5.74) is 0.642. The number of nitrogens with one attached hydrogen (secondary N) is 1. The van der Waals surface area contributed by atoms with Gasteiger partial charge in [0.15, 0.2) is 5.69 Å². The lowest BCUT2D eigenvalue weighted by molar-refractivity contribution is -0.154. The zero-order valence-electron chi connectivity index (χ0n) is 21.5. The Bertz CT molecular complexity index is 1470. The second kappa shape index (κ2) is 12.6. The molecule has 0 saturated heterocycles. The van der Waals surface area contributed by atoms with E-state index in [0.29, 0.717) is 5.56 Å². The zero-order valence-corrected chi connectivity index (χ0v) is 22.4. The van der Waals surface area contributed by atoms with E-state index >= 15 is 0 Å². The summed E-state index contributed by atoms with van der Waals surface area (Å²) in [6.45, 7) is 2.56. The van der Waals surface area contributed by atoms with Crippen molar-refractivity contribution in [2.45, 2.75) is 31.3 Å². The van der Waals surface area contributed by atoms with Gasteiger partial charge in [0.25, 0.3) is 16.8 Å². The van der Waals surface area contributed by atoms with Crippen molar-refractivity contribution in [2.24, 2.45) is 10.5 Å². The molecule has 0 saturated carbocycles. The maximum Gasteiger partial charge on any atom is 0.435 e. The van der Waals surface area contributed by atoms with E-state index in [4.69, 9.17) is 0 Å². The van der Waals surface area contributed by atoms with E-state index in [2.05, 4.69) is 25.2 Å². The molecule has 1 heterocycles. The first-order valence-corrected chi connectivity index (χ1v) is 13.0. The largest absolute Gasteiger partial charge is 0.435 e. The van der Waals surface area contributed by atoms with Gasteiger partial charge in [-0.2, -0.15) is 18.3 Å². The number of amides is 1. The van der Waals surface area contributed by atoms with Gasteiger partial charge in [-0.15, -0.1) is 0 Å². The molecular weight excluding hydrogens is 557 g/mol. The molecule has 12 nitrogen and oxygen atoms in total. The minimum atomic E-state index is -4.69. The van der Waals surface area contributed by atoms with Gasteiger partial charge < -0.3 is 9.57 Å². The average molecular weight is 583 g/mol. The lowest BCUT2D eigenvalue weighted by Gasteiger charge is -2.12. The van der Waals surface area contributed by atoms with Gasteiger partial charge in [0.1, 0.15) is 0 Å². The fourth-order valence-electron chi connectivity index (χ4n) is 3.20. The maximum absolute atomic E-state index is 13.4. The molecule has 0 aliphatic rings. The van der Waals surface area contributed by atoms with Crippen LogP contribution < -0.4 is 4.72 Å². The van der Waals surface area contributed by atoms with Crippen LogP contribution in [0.25, 0.3) is 16.9 Å². The number of nitrogens with zero attached hydrogens (tertiary/aromatic N) is 5. The molecule has 0 spiro atoms. The van der Waals surface area contributed by atoms with Gasteiger partial charge in [0, 0.05) is 37.8 Å². The first-order valence-electron chi connectivity index (χ1n) is 11.5. The average Bonchev–Trinajstić information content (AvgIpc) is 3.34. The highest BCUT2D eigenvalue weighted by Crippen LogP contribution is 2.33. The van der Waals surface area contributed by atoms with Crippen molar-refractivity contribution in [3.8, 4) is 16.9 Å². The van der Waals surface area contributed by atoms with Crippen LogP contribution in [0.2, 0.25) is 0 Å². The van der Waals surface area contributed by atoms with Gasteiger partial charge in [0.2, 0.25) is 5.91 Å². The van der Waals surface area contributed by atoms with Gasteiger partial charge in [-0.3, -0.25) is 14.6 Å². The van der Waals surface area contributed by atoms with E-state index < -0.39 is 40.6 Å². The van der Waals surface area contributed by atoms with Crippen molar-refractivity contribution in [1.29, 1.82) is 0 Å². The van der Waals surface area contributed by atoms with Crippen LogP contribution in [0.1, 0.15) is 24.6 Å². The number of esters is 1. The quantitative estimate of drug-likeness (QED) is 0.118. The molecule has 214 valence electrons. The number of alkyl halides is 3. The highest BCUT2D eigenvalue weighted by atomic mass is 32.2. The van der Waals surface area contributed by atoms with Gasteiger partial charge in [-0.05, 0) is 42.5 Å². The van der Waals surface area contributed by atoms with Crippen LogP contribution in [0.15, 0.2) is 70.0 Å². The molecule has 3 rings (SSSR count). The minimum absolute atomic E-state index is 0.0245. The number of carbonyl (C=O) groups is 2. The molecule has 0 bridgehead atoms. The third kappa shape index (κ3) is 8.26. The second-order valence-electron chi connectivity index (χ2n) is 8.40. The summed E-state index contributed by atoms with van der Waals surface area (Å²) in [7, 11) is -2.83. The number of hydrogen-bond acceptors (Lipinski definition) is 9. The smallest absolute Gasteiger partial charge is 0.426 e. The fraction of sp³-hybridized carbons (Fsp3) is 0.292. The van der Waals surface area contributed by atoms with Crippen molar-refractivity contribution < 1.29 is 40.8 Å². The van der Waals surface area contributed by atoms with E-state index in [9.17, 15) is 31.2 Å². The second-order valence-corrected chi connectivity index (χ2v) is 10.1. The van der Waals surface area contributed by atoms with E-state index in [1.165, 1.54) is 31.1 Å². The van der Waals surface area contributed by atoms with Crippen LogP contribution in [-0.4, -0.2) is 55.5 Å². The monoisotopic (exact) mass is 582 g/mol. The van der Waals surface area contributed by atoms with Crippen molar-refractivity contribution in [1.82, 2.24) is 19.5 Å². The van der Waals surface area contributed by atoms with Crippen LogP contribution in [0.5, 0.6) is 0 Å². The standard InChI is InChI=1S/C24H25F3N6O6S/c1-16-4-6-18(7-5-16)21-14-22(24(25,26)27)28-33(21)19-8-10-20(11-9-19)40(36,37)29-23(35)12-13-32(3)30-31-39-15-38-17(2)34/h4-11,14H,12-13,15H2,1-3H3,(H,29,35)/b31-30-. The van der Waals surface area contributed by atoms with Crippen molar-refractivity contribution >= 4 is 21.9 Å². The predicted molar refractivity (Wildman–Crippen MR) is 134 cm³/mol. The SMILES string of the molecule is CC(=O)OCO/N=N\N(C)CCC(=O)NS(=O)(=O)c1ccc(-n2nc(C(F)(F)F)cc2-c2ccc(C)cc2)cc1. The number of aromatic nitrogens is 2. The molecular formula is C24H25F3N6O6S. The lowest BCUT2D eigenvalue weighted by atomic mass is 10.1. The molecule has 0 aliphatic carbocycles. The molecule has 1 N–H and O–H groups in total. The van der Waals surface area contributed by atoms with Crippen molar-refractivity contribution in [2.75, 3.05) is 20.4 Å². The highest BCUT2D eigenvalue weighted by molar-refractivity contribution is 7.90. The molecule has 0 unspecified atom stereocenters. The third-order valence-electron chi connectivity index (χ3n) is 5.21. The number of ether oxygens (including phenoxy) is 1. The summed E-state index contributed by atoms with van der Waals surface area (Å²) in [5, 5.41) is 11.7. The topological polar surface area (TPSA) is 145 Å². The van der Waals surface area contributed by atoms with Gasteiger partial charge in [0.05, 0.1) is 16.3 Å². The van der Waals surface area contributed by atoms with Crippen LogP contribution in [0.4, 0.5) is 13.2 Å². The normalized spacial score (nSPS) is 11.8. The van der Waals surface area contributed by atoms with Crippen molar-refractivity contribution in [3.63, 3.8) is 0 Å². The summed E-state index contributed by atoms with van der Waals surface area (Å²) in [4.78, 5) is 27.1. The van der Waals surface area contributed by atoms with Crippen LogP contribution in [-0.2, 0) is 35.4 Å². The van der Waals surface area contributed by atoms with E-state index in [0.717, 1.165) is 28.4 Å². The molecule has 3 aromatic rings. The van der Waals surface area contributed by atoms with E-state index in [1.807, 2.05) is 11.6 Å². The van der Waals surface area contributed by atoms with Gasteiger partial charge >= 0.3 is 12.1 Å². The first-order chi connectivity index (χ1) is 18.8. The Balaban J connectivity index is 1.69. The molecule has 0 fully saturated rings. The Hall–Kier alpha value is -4.47. The van der Waals surface area contributed by atoms with Gasteiger partial charge in [-0.1, -0.05) is 29.8 Å². The Kier molecular flexibility index (Phi) is 9.47. The summed E-state index contributed by atoms with van der Waals surface area (Å²) in [6.07, 6.45) is -4.96. The third-order valence-corrected chi connectivity index (χ3v) is 6.60. The number of sulfonamides is 1. The minimum Gasteiger partial charge on any atom is -0.426 e. The number of carbonyl (C=O) groups excluding carboxylic acids is 2. The summed E-state index contributed by atoms with van der Waals surface area (Å²) < 4.78 is 73.1. The predicted octanol–water partition coefficient (Wildman–Crippen LogP) is 3.81. The number of halogens is 3.